The maximum absolute atomic E-state index is 12.1. The Morgan fingerprint density at radius 3 is 2.57 bits per heavy atom. The van der Waals surface area contributed by atoms with Crippen LogP contribution in [0.1, 0.15) is 40.6 Å². The van der Waals surface area contributed by atoms with Crippen LogP contribution in [0, 0.1) is 6.92 Å². The van der Waals surface area contributed by atoms with Crippen LogP contribution < -0.4 is 4.74 Å². The molecule has 0 radical (unpaired) electrons. The van der Waals surface area contributed by atoms with E-state index in [2.05, 4.69) is 13.8 Å². The summed E-state index contributed by atoms with van der Waals surface area (Å²) in [5, 5.41) is 0.711. The van der Waals surface area contributed by atoms with Gasteiger partial charge in [-0.1, -0.05) is 37.0 Å². The zero-order chi connectivity index (χ0) is 15.6. The van der Waals surface area contributed by atoms with Crippen LogP contribution in [-0.4, -0.2) is 12.4 Å². The Morgan fingerprint density at radius 1 is 1.29 bits per heavy atom. The molecule has 0 atom stereocenters. The lowest BCUT2D eigenvalue weighted by Gasteiger charge is -2.15. The molecule has 0 N–H and O–H groups in total. The van der Waals surface area contributed by atoms with E-state index in [1.807, 2.05) is 19.1 Å². The first-order chi connectivity index (χ1) is 9.88. The van der Waals surface area contributed by atoms with Crippen LogP contribution in [0.15, 0.2) is 24.3 Å². The summed E-state index contributed by atoms with van der Waals surface area (Å²) in [6, 6.07) is 7.22. The summed E-state index contributed by atoms with van der Waals surface area (Å²) in [4.78, 5) is 12.7. The van der Waals surface area contributed by atoms with Crippen molar-refractivity contribution in [1.29, 1.82) is 0 Å². The van der Waals surface area contributed by atoms with Gasteiger partial charge in [-0.05, 0) is 48.2 Å². The molecular weight excluding hydrogens is 327 g/mol. The molecule has 1 aromatic heterocycles. The molecular formula is C16H16Cl2O2S. The Hall–Kier alpha value is -1.03. The number of thiophene rings is 1. The molecule has 2 aromatic rings. The summed E-state index contributed by atoms with van der Waals surface area (Å²) in [5.41, 5.74) is 1.94. The van der Waals surface area contributed by atoms with Gasteiger partial charge >= 0.3 is 0 Å². The summed E-state index contributed by atoms with van der Waals surface area (Å²) in [6.07, 6.45) is 0. The lowest BCUT2D eigenvalue weighted by Crippen LogP contribution is -2.11. The molecule has 1 aromatic carbocycles. The Bertz CT molecular complexity index is 662. The van der Waals surface area contributed by atoms with Crippen molar-refractivity contribution in [3.05, 3.63) is 49.6 Å². The molecule has 2 rings (SSSR count). The minimum Gasteiger partial charge on any atom is -0.485 e. The predicted octanol–water partition coefficient (Wildman–Crippen LogP) is 5.75. The summed E-state index contributed by atoms with van der Waals surface area (Å²) in [7, 11) is 0. The minimum atomic E-state index is -0.0748. The highest BCUT2D eigenvalue weighted by Crippen LogP contribution is 2.32. The SMILES string of the molecule is Cc1cc(OCC(=O)c2ccc(Cl)s2)c(C(C)C)cc1Cl. The van der Waals surface area contributed by atoms with Crippen molar-refractivity contribution in [3.63, 3.8) is 0 Å². The second-order valence-corrected chi connectivity index (χ2v) is 7.23. The van der Waals surface area contributed by atoms with Crippen LogP contribution in [-0.2, 0) is 0 Å². The van der Waals surface area contributed by atoms with Crippen LogP contribution in [0.3, 0.4) is 0 Å². The third-order valence-corrected chi connectivity index (χ3v) is 4.80. The fourth-order valence-corrected chi connectivity index (χ4v) is 3.06. The quantitative estimate of drug-likeness (QED) is 0.646. The number of aryl methyl sites for hydroxylation is 1. The zero-order valence-electron chi connectivity index (χ0n) is 12.1. The number of hydrogen-bond acceptors (Lipinski definition) is 3. The molecule has 0 aliphatic rings. The topological polar surface area (TPSA) is 26.3 Å². The summed E-state index contributed by atoms with van der Waals surface area (Å²) < 4.78 is 6.32. The van der Waals surface area contributed by atoms with Crippen LogP contribution in [0.25, 0.3) is 0 Å². The molecule has 0 amide bonds. The maximum atomic E-state index is 12.1. The van der Waals surface area contributed by atoms with Gasteiger partial charge in [-0.25, -0.2) is 0 Å². The summed E-state index contributed by atoms with van der Waals surface area (Å²) >= 11 is 13.3. The number of carbonyl (C=O) groups is 1. The molecule has 0 bridgehead atoms. The van der Waals surface area contributed by atoms with Crippen molar-refractivity contribution in [1.82, 2.24) is 0 Å². The van der Waals surface area contributed by atoms with Crippen molar-refractivity contribution in [2.45, 2.75) is 26.7 Å². The van der Waals surface area contributed by atoms with Crippen molar-refractivity contribution < 1.29 is 9.53 Å². The Balaban J connectivity index is 2.16. The molecule has 0 saturated heterocycles. The van der Waals surface area contributed by atoms with Gasteiger partial charge in [0.05, 0.1) is 9.21 Å². The Kier molecular flexibility index (Phi) is 5.31. The van der Waals surface area contributed by atoms with Crippen LogP contribution in [0.2, 0.25) is 9.36 Å². The van der Waals surface area contributed by atoms with Crippen molar-refractivity contribution in [2.75, 3.05) is 6.61 Å². The Morgan fingerprint density at radius 2 is 2.00 bits per heavy atom. The monoisotopic (exact) mass is 342 g/mol. The predicted molar refractivity (Wildman–Crippen MR) is 89.4 cm³/mol. The fraction of sp³-hybridized carbons (Fsp3) is 0.312. The minimum absolute atomic E-state index is 0.00235. The molecule has 0 unspecified atom stereocenters. The van der Waals surface area contributed by atoms with E-state index in [4.69, 9.17) is 27.9 Å². The van der Waals surface area contributed by atoms with Crippen LogP contribution >= 0.6 is 34.5 Å². The number of ether oxygens (including phenoxy) is 1. The second-order valence-electron chi connectivity index (χ2n) is 5.11. The highest BCUT2D eigenvalue weighted by molar-refractivity contribution is 7.18. The van der Waals surface area contributed by atoms with Crippen LogP contribution in [0.4, 0.5) is 0 Å². The molecule has 0 aliphatic heterocycles. The second kappa shape index (κ2) is 6.82. The van der Waals surface area contributed by atoms with E-state index in [1.165, 1.54) is 11.3 Å². The van der Waals surface area contributed by atoms with E-state index < -0.39 is 0 Å². The molecule has 21 heavy (non-hydrogen) atoms. The summed E-state index contributed by atoms with van der Waals surface area (Å²) in [5.74, 6) is 0.904. The van der Waals surface area contributed by atoms with Gasteiger partial charge < -0.3 is 4.74 Å². The Labute approximate surface area is 138 Å². The molecule has 0 aliphatic carbocycles. The average Bonchev–Trinajstić information content (AvgIpc) is 2.85. The highest BCUT2D eigenvalue weighted by Gasteiger charge is 2.14. The normalized spacial score (nSPS) is 11.0. The molecule has 0 fully saturated rings. The molecule has 2 nitrogen and oxygen atoms in total. The first-order valence-corrected chi connectivity index (χ1v) is 8.17. The lowest BCUT2D eigenvalue weighted by molar-refractivity contribution is 0.0924. The largest absolute Gasteiger partial charge is 0.485 e. The van der Waals surface area contributed by atoms with E-state index in [0.29, 0.717) is 20.0 Å². The fourth-order valence-electron chi connectivity index (χ4n) is 1.93. The van der Waals surface area contributed by atoms with Gasteiger partial charge in [0.1, 0.15) is 5.75 Å². The van der Waals surface area contributed by atoms with E-state index >= 15 is 0 Å². The van der Waals surface area contributed by atoms with Gasteiger partial charge in [0, 0.05) is 5.02 Å². The standard InChI is InChI=1S/C16H16Cl2O2S/c1-9(2)11-7-12(17)10(3)6-14(11)20-8-13(19)15-4-5-16(18)21-15/h4-7,9H,8H2,1-3H3. The number of Topliss-reactive ketones (excluding diaryl/α,β-unsaturated/α-hetero) is 1. The number of ketones is 1. The number of carbonyl (C=O) groups excluding carboxylic acids is 1. The van der Waals surface area contributed by atoms with Gasteiger partial charge in [0.15, 0.2) is 6.61 Å². The number of benzene rings is 1. The summed E-state index contributed by atoms with van der Waals surface area (Å²) in [6.45, 7) is 6.04. The molecule has 0 saturated carbocycles. The number of halogens is 2. The van der Waals surface area contributed by atoms with Gasteiger partial charge in [-0.15, -0.1) is 11.3 Å². The number of hydrogen-bond donors (Lipinski definition) is 0. The van der Waals surface area contributed by atoms with Crippen molar-refractivity contribution in [2.24, 2.45) is 0 Å². The molecule has 5 heteroatoms. The number of rotatable bonds is 5. The zero-order valence-corrected chi connectivity index (χ0v) is 14.4. The van der Waals surface area contributed by atoms with Crippen LogP contribution in [0.5, 0.6) is 5.75 Å². The van der Waals surface area contributed by atoms with E-state index in [9.17, 15) is 4.79 Å². The van der Waals surface area contributed by atoms with Gasteiger partial charge in [0.25, 0.3) is 0 Å². The van der Waals surface area contributed by atoms with E-state index in [1.54, 1.807) is 12.1 Å². The van der Waals surface area contributed by atoms with E-state index in [0.717, 1.165) is 11.1 Å². The molecule has 112 valence electrons. The smallest absolute Gasteiger partial charge is 0.210 e. The third-order valence-electron chi connectivity index (χ3n) is 3.12. The lowest BCUT2D eigenvalue weighted by atomic mass is 10.0. The van der Waals surface area contributed by atoms with Crippen molar-refractivity contribution in [3.8, 4) is 5.75 Å². The van der Waals surface area contributed by atoms with Gasteiger partial charge in [0.2, 0.25) is 5.78 Å². The first kappa shape index (κ1) is 16.3. The van der Waals surface area contributed by atoms with Crippen molar-refractivity contribution >= 4 is 40.3 Å². The molecule has 0 spiro atoms. The van der Waals surface area contributed by atoms with Gasteiger partial charge in [-0.2, -0.15) is 0 Å². The first-order valence-electron chi connectivity index (χ1n) is 6.60. The highest BCUT2D eigenvalue weighted by atomic mass is 35.5. The molecule has 1 heterocycles. The maximum Gasteiger partial charge on any atom is 0.210 e. The average molecular weight is 343 g/mol. The third kappa shape index (κ3) is 4.00. The van der Waals surface area contributed by atoms with E-state index in [-0.39, 0.29) is 18.3 Å². The van der Waals surface area contributed by atoms with Gasteiger partial charge in [-0.3, -0.25) is 4.79 Å².